The predicted octanol–water partition coefficient (Wildman–Crippen LogP) is 1.53. The Bertz CT molecular complexity index is 349. The highest BCUT2D eigenvalue weighted by atomic mass is 35.5. The number of rotatable bonds is 7. The maximum Gasteiger partial charge on any atom is 0.228 e. The van der Waals surface area contributed by atoms with E-state index in [0.29, 0.717) is 31.4 Å². The van der Waals surface area contributed by atoms with Crippen molar-refractivity contribution in [2.75, 3.05) is 23.7 Å². The molecule has 0 bridgehead atoms. The van der Waals surface area contributed by atoms with Crippen molar-refractivity contribution in [2.24, 2.45) is 0 Å². The van der Waals surface area contributed by atoms with Crippen LogP contribution < -0.4 is 10.6 Å². The number of aliphatic hydroxyl groups is 1. The molecule has 0 aliphatic rings. The van der Waals surface area contributed by atoms with Gasteiger partial charge in [0.1, 0.15) is 0 Å². The van der Waals surface area contributed by atoms with Crippen LogP contribution in [0, 0.1) is 0 Å². The van der Waals surface area contributed by atoms with Gasteiger partial charge in [-0.05, 0) is 31.4 Å². The zero-order valence-electron chi connectivity index (χ0n) is 10.1. The number of aliphatic hydroxyl groups excluding tert-OH is 1. The third-order valence-electron chi connectivity index (χ3n) is 2.17. The van der Waals surface area contributed by atoms with Crippen LogP contribution >= 0.6 is 11.6 Å². The fourth-order valence-corrected chi connectivity index (χ4v) is 1.38. The Kier molecular flexibility index (Phi) is 5.93. The smallest absolute Gasteiger partial charge is 0.228 e. The fourth-order valence-electron chi connectivity index (χ4n) is 1.22. The summed E-state index contributed by atoms with van der Waals surface area (Å²) in [6.07, 6.45) is 1.09. The molecule has 1 aromatic heterocycles. The van der Waals surface area contributed by atoms with Gasteiger partial charge in [-0.3, -0.25) is 0 Å². The molecule has 1 rings (SSSR count). The quantitative estimate of drug-likeness (QED) is 0.689. The second-order valence-corrected chi connectivity index (χ2v) is 3.90. The number of hydrogen-bond donors (Lipinski definition) is 3. The number of halogens is 1. The summed E-state index contributed by atoms with van der Waals surface area (Å²) in [6, 6.07) is 0. The molecular weight excluding hydrogens is 242 g/mol. The van der Waals surface area contributed by atoms with E-state index < -0.39 is 0 Å². The number of anilines is 2. The average Bonchev–Trinajstić information content (AvgIpc) is 2.28. The molecule has 0 aliphatic heterocycles. The van der Waals surface area contributed by atoms with Gasteiger partial charge in [0.15, 0.2) is 0 Å². The molecule has 1 atom stereocenters. The van der Waals surface area contributed by atoms with Gasteiger partial charge < -0.3 is 15.7 Å². The van der Waals surface area contributed by atoms with Crippen molar-refractivity contribution < 1.29 is 5.11 Å². The summed E-state index contributed by atoms with van der Waals surface area (Å²) >= 11 is 5.76. The number of aromatic nitrogens is 3. The highest BCUT2D eigenvalue weighted by Gasteiger charge is 2.05. The van der Waals surface area contributed by atoms with E-state index in [-0.39, 0.29) is 11.4 Å². The number of nitrogens with zero attached hydrogens (tertiary/aromatic N) is 3. The van der Waals surface area contributed by atoms with Crippen molar-refractivity contribution in [1.29, 1.82) is 0 Å². The molecule has 1 unspecified atom stereocenters. The maximum absolute atomic E-state index is 9.40. The molecule has 17 heavy (non-hydrogen) atoms. The first kappa shape index (κ1) is 13.9. The Balaban J connectivity index is 2.52. The van der Waals surface area contributed by atoms with Crippen molar-refractivity contribution in [3.8, 4) is 0 Å². The third kappa shape index (κ3) is 5.14. The molecule has 0 saturated heterocycles. The highest BCUT2D eigenvalue weighted by molar-refractivity contribution is 6.28. The molecule has 1 heterocycles. The molecule has 0 aromatic carbocycles. The van der Waals surface area contributed by atoms with Gasteiger partial charge in [0.05, 0.1) is 6.10 Å². The van der Waals surface area contributed by atoms with Crippen LogP contribution in [-0.4, -0.2) is 39.3 Å². The van der Waals surface area contributed by atoms with Gasteiger partial charge in [0.25, 0.3) is 0 Å². The summed E-state index contributed by atoms with van der Waals surface area (Å²) in [7, 11) is 0. The van der Waals surface area contributed by atoms with Gasteiger partial charge in [-0.2, -0.15) is 15.0 Å². The van der Waals surface area contributed by atoms with Crippen LogP contribution in [0.25, 0.3) is 0 Å². The van der Waals surface area contributed by atoms with Crippen molar-refractivity contribution >= 4 is 23.5 Å². The minimum absolute atomic E-state index is 0.148. The summed E-state index contributed by atoms with van der Waals surface area (Å²) in [6.45, 7) is 5.20. The van der Waals surface area contributed by atoms with E-state index in [9.17, 15) is 5.11 Å². The van der Waals surface area contributed by atoms with E-state index >= 15 is 0 Å². The Hall–Kier alpha value is -1.14. The van der Waals surface area contributed by atoms with Crippen LogP contribution in [-0.2, 0) is 0 Å². The fraction of sp³-hybridized carbons (Fsp3) is 0.700. The number of nitrogens with one attached hydrogen (secondary N) is 2. The lowest BCUT2D eigenvalue weighted by Crippen LogP contribution is -2.14. The summed E-state index contributed by atoms with van der Waals surface area (Å²) in [5, 5.41) is 15.5. The molecule has 0 spiro atoms. The Labute approximate surface area is 106 Å². The van der Waals surface area contributed by atoms with Crippen LogP contribution in [0.4, 0.5) is 11.9 Å². The largest absolute Gasteiger partial charge is 0.393 e. The van der Waals surface area contributed by atoms with Crippen LogP contribution in [0.15, 0.2) is 0 Å². The molecule has 3 N–H and O–H groups in total. The standard InChI is InChI=1S/C10H18ClN5O/c1-3-7(17)5-6-13-10-15-8(11)14-9(16-10)12-4-2/h7,17H,3-6H2,1-2H3,(H2,12,13,14,15,16). The summed E-state index contributed by atoms with van der Waals surface area (Å²) in [5.41, 5.74) is 0. The van der Waals surface area contributed by atoms with Crippen molar-refractivity contribution in [1.82, 2.24) is 15.0 Å². The van der Waals surface area contributed by atoms with E-state index in [4.69, 9.17) is 11.6 Å². The molecule has 0 aliphatic carbocycles. The SMILES string of the molecule is CCNc1nc(Cl)nc(NCCC(O)CC)n1. The maximum atomic E-state index is 9.40. The molecule has 6 nitrogen and oxygen atoms in total. The lowest BCUT2D eigenvalue weighted by atomic mass is 10.2. The summed E-state index contributed by atoms with van der Waals surface area (Å²) in [4.78, 5) is 12.0. The monoisotopic (exact) mass is 259 g/mol. The van der Waals surface area contributed by atoms with Gasteiger partial charge in [0.2, 0.25) is 17.2 Å². The van der Waals surface area contributed by atoms with Gasteiger partial charge in [0, 0.05) is 13.1 Å². The molecule has 7 heteroatoms. The Morgan fingerprint density at radius 2 is 1.82 bits per heavy atom. The first-order valence-corrected chi connectivity index (χ1v) is 6.10. The lowest BCUT2D eigenvalue weighted by Gasteiger charge is -2.09. The molecular formula is C10H18ClN5O. The second-order valence-electron chi connectivity index (χ2n) is 3.56. The zero-order valence-corrected chi connectivity index (χ0v) is 10.8. The van der Waals surface area contributed by atoms with Gasteiger partial charge in [-0.1, -0.05) is 6.92 Å². The zero-order chi connectivity index (χ0) is 12.7. The molecule has 0 fully saturated rings. The molecule has 1 aromatic rings. The minimum atomic E-state index is -0.298. The molecule has 0 radical (unpaired) electrons. The molecule has 0 amide bonds. The van der Waals surface area contributed by atoms with Gasteiger partial charge in [-0.25, -0.2) is 0 Å². The van der Waals surface area contributed by atoms with Crippen molar-refractivity contribution in [3.63, 3.8) is 0 Å². The van der Waals surface area contributed by atoms with Crippen LogP contribution in [0.3, 0.4) is 0 Å². The Morgan fingerprint density at radius 1 is 1.18 bits per heavy atom. The normalized spacial score (nSPS) is 12.2. The van der Waals surface area contributed by atoms with E-state index in [2.05, 4.69) is 25.6 Å². The van der Waals surface area contributed by atoms with Crippen LogP contribution in [0.2, 0.25) is 5.28 Å². The van der Waals surface area contributed by atoms with E-state index in [1.165, 1.54) is 0 Å². The average molecular weight is 260 g/mol. The predicted molar refractivity (Wildman–Crippen MR) is 68.4 cm³/mol. The van der Waals surface area contributed by atoms with Crippen LogP contribution in [0.5, 0.6) is 0 Å². The molecule has 96 valence electrons. The minimum Gasteiger partial charge on any atom is -0.393 e. The van der Waals surface area contributed by atoms with E-state index in [0.717, 1.165) is 6.42 Å². The third-order valence-corrected chi connectivity index (χ3v) is 2.34. The van der Waals surface area contributed by atoms with Crippen molar-refractivity contribution in [3.05, 3.63) is 5.28 Å². The number of hydrogen-bond acceptors (Lipinski definition) is 6. The van der Waals surface area contributed by atoms with Crippen molar-refractivity contribution in [2.45, 2.75) is 32.8 Å². The Morgan fingerprint density at radius 3 is 2.41 bits per heavy atom. The van der Waals surface area contributed by atoms with Gasteiger partial charge >= 0.3 is 0 Å². The summed E-state index contributed by atoms with van der Waals surface area (Å²) in [5.74, 6) is 0.871. The first-order chi connectivity index (χ1) is 8.15. The highest BCUT2D eigenvalue weighted by Crippen LogP contribution is 2.09. The van der Waals surface area contributed by atoms with E-state index in [1.54, 1.807) is 0 Å². The summed E-state index contributed by atoms with van der Waals surface area (Å²) < 4.78 is 0. The van der Waals surface area contributed by atoms with E-state index in [1.807, 2.05) is 13.8 Å². The van der Waals surface area contributed by atoms with Gasteiger partial charge in [-0.15, -0.1) is 0 Å². The second kappa shape index (κ2) is 7.24. The van der Waals surface area contributed by atoms with Crippen LogP contribution in [0.1, 0.15) is 26.7 Å². The topological polar surface area (TPSA) is 83.0 Å². The lowest BCUT2D eigenvalue weighted by molar-refractivity contribution is 0.164. The molecule has 0 saturated carbocycles. The first-order valence-electron chi connectivity index (χ1n) is 5.73.